The molecule has 3 aromatic heterocycles. The molecule has 0 bridgehead atoms. The van der Waals surface area contributed by atoms with Crippen molar-refractivity contribution < 1.29 is 13.9 Å². The number of likely N-dealkylation sites (tertiary alicyclic amines) is 1. The third kappa shape index (κ3) is 2.83. The van der Waals surface area contributed by atoms with Crippen LogP contribution in [0.25, 0.3) is 16.4 Å². The maximum absolute atomic E-state index is 13.9. The van der Waals surface area contributed by atoms with E-state index in [9.17, 15) is 9.18 Å². The highest BCUT2D eigenvalue weighted by atomic mass is 19.1. The van der Waals surface area contributed by atoms with Gasteiger partial charge >= 0.3 is 0 Å². The number of hydrogen-bond acceptors (Lipinski definition) is 5. The van der Waals surface area contributed by atoms with Crippen LogP contribution in [-0.2, 0) is 0 Å². The number of aryl methyl sites for hydroxylation is 1. The predicted octanol–water partition coefficient (Wildman–Crippen LogP) is 3.72. The molecule has 0 radical (unpaired) electrons. The SMILES string of the molecule is Cc1c(C(=O)N2CC(C#N)C2)cn2nccc(Oc3cnc4c(F)cccc4c3)c12. The summed E-state index contributed by atoms with van der Waals surface area (Å²) in [7, 11) is 0. The highest BCUT2D eigenvalue weighted by molar-refractivity contribution is 5.99. The Morgan fingerprint density at radius 3 is 2.97 bits per heavy atom. The van der Waals surface area contributed by atoms with Gasteiger partial charge in [-0.05, 0) is 24.6 Å². The van der Waals surface area contributed by atoms with Gasteiger partial charge in [0.25, 0.3) is 5.91 Å². The molecule has 8 heteroatoms. The number of benzene rings is 1. The van der Waals surface area contributed by atoms with Crippen molar-refractivity contribution in [3.05, 3.63) is 65.9 Å². The summed E-state index contributed by atoms with van der Waals surface area (Å²) in [4.78, 5) is 18.6. The fraction of sp³-hybridized carbons (Fsp3) is 0.182. The molecule has 0 unspecified atom stereocenters. The van der Waals surface area contributed by atoms with Crippen molar-refractivity contribution >= 4 is 22.3 Å². The molecule has 148 valence electrons. The summed E-state index contributed by atoms with van der Waals surface area (Å²) in [6.45, 7) is 2.72. The van der Waals surface area contributed by atoms with Crippen LogP contribution in [0.1, 0.15) is 15.9 Å². The first kappa shape index (κ1) is 18.1. The number of fused-ring (bicyclic) bond motifs is 2. The Bertz CT molecular complexity index is 1350. The molecular weight excluding hydrogens is 385 g/mol. The molecule has 0 atom stereocenters. The van der Waals surface area contributed by atoms with Crippen LogP contribution >= 0.6 is 0 Å². The molecule has 1 aliphatic rings. The summed E-state index contributed by atoms with van der Waals surface area (Å²) in [6, 6.07) is 10.3. The maximum Gasteiger partial charge on any atom is 0.255 e. The molecule has 4 heterocycles. The molecule has 0 N–H and O–H groups in total. The van der Waals surface area contributed by atoms with E-state index in [0.717, 1.165) is 5.56 Å². The first-order valence-electron chi connectivity index (χ1n) is 9.43. The van der Waals surface area contributed by atoms with Crippen LogP contribution in [0.5, 0.6) is 11.5 Å². The zero-order valence-electron chi connectivity index (χ0n) is 16.0. The van der Waals surface area contributed by atoms with E-state index in [1.54, 1.807) is 46.1 Å². The number of pyridine rings is 1. The second-order valence-electron chi connectivity index (χ2n) is 7.28. The van der Waals surface area contributed by atoms with E-state index >= 15 is 0 Å². The van der Waals surface area contributed by atoms with Gasteiger partial charge in [0, 0.05) is 30.7 Å². The van der Waals surface area contributed by atoms with Crippen molar-refractivity contribution in [3.63, 3.8) is 0 Å². The number of rotatable bonds is 3. The molecular formula is C22H16FN5O2. The molecule has 0 saturated carbocycles. The Labute approximate surface area is 170 Å². The van der Waals surface area contributed by atoms with Gasteiger partial charge in [-0.1, -0.05) is 12.1 Å². The van der Waals surface area contributed by atoms with E-state index in [-0.39, 0.29) is 23.2 Å². The number of carbonyl (C=O) groups excluding carboxylic acids is 1. The number of nitrogens with zero attached hydrogens (tertiary/aromatic N) is 5. The molecule has 1 amide bonds. The van der Waals surface area contributed by atoms with E-state index in [2.05, 4.69) is 16.2 Å². The lowest BCUT2D eigenvalue weighted by atomic mass is 10.0. The van der Waals surface area contributed by atoms with E-state index in [1.807, 2.05) is 6.92 Å². The predicted molar refractivity (Wildman–Crippen MR) is 107 cm³/mol. The van der Waals surface area contributed by atoms with Gasteiger partial charge in [0.1, 0.15) is 22.6 Å². The van der Waals surface area contributed by atoms with E-state index < -0.39 is 0 Å². The van der Waals surface area contributed by atoms with Gasteiger partial charge in [-0.2, -0.15) is 10.4 Å². The lowest BCUT2D eigenvalue weighted by molar-refractivity contribution is 0.0576. The summed E-state index contributed by atoms with van der Waals surface area (Å²) in [5.74, 6) is 0.347. The summed E-state index contributed by atoms with van der Waals surface area (Å²) in [5, 5.41) is 13.9. The molecule has 0 spiro atoms. The smallest absolute Gasteiger partial charge is 0.255 e. The minimum atomic E-state index is -0.388. The van der Waals surface area contributed by atoms with Crippen LogP contribution in [-0.4, -0.2) is 38.5 Å². The third-order valence-electron chi connectivity index (χ3n) is 5.34. The van der Waals surface area contributed by atoms with Crippen molar-refractivity contribution in [3.8, 4) is 17.6 Å². The molecule has 30 heavy (non-hydrogen) atoms. The Balaban J connectivity index is 1.50. The Morgan fingerprint density at radius 1 is 1.33 bits per heavy atom. The number of ether oxygens (including phenoxy) is 1. The largest absolute Gasteiger partial charge is 0.453 e. The zero-order chi connectivity index (χ0) is 20.8. The lowest BCUT2D eigenvalue weighted by Gasteiger charge is -2.35. The molecule has 0 aliphatic carbocycles. The Hall–Kier alpha value is -3.99. The molecule has 1 fully saturated rings. The third-order valence-corrected chi connectivity index (χ3v) is 5.34. The first-order valence-corrected chi connectivity index (χ1v) is 9.43. The number of hydrogen-bond donors (Lipinski definition) is 0. The fourth-order valence-electron chi connectivity index (χ4n) is 3.70. The standard InChI is InChI=1S/C22H16FN5O2/c1-13-17(22(29)27-10-14(8-24)11-27)12-28-21(13)19(5-6-26-28)30-16-7-15-3-2-4-18(23)20(15)25-9-16/h2-7,9,12,14H,10-11H2,1H3. The normalized spacial score (nSPS) is 14.0. The van der Waals surface area contributed by atoms with Crippen LogP contribution < -0.4 is 4.74 Å². The van der Waals surface area contributed by atoms with Crippen molar-refractivity contribution in [2.24, 2.45) is 5.92 Å². The monoisotopic (exact) mass is 401 g/mol. The highest BCUT2D eigenvalue weighted by Crippen LogP contribution is 2.32. The van der Waals surface area contributed by atoms with Crippen LogP contribution in [0.15, 0.2) is 48.9 Å². The molecule has 7 nitrogen and oxygen atoms in total. The van der Waals surface area contributed by atoms with Gasteiger partial charge in [0.2, 0.25) is 0 Å². The fourth-order valence-corrected chi connectivity index (χ4v) is 3.70. The van der Waals surface area contributed by atoms with E-state index in [1.165, 1.54) is 12.3 Å². The average Bonchev–Trinajstić information content (AvgIpc) is 3.05. The highest BCUT2D eigenvalue weighted by Gasteiger charge is 2.32. The minimum absolute atomic E-state index is 0.103. The van der Waals surface area contributed by atoms with Gasteiger partial charge in [-0.15, -0.1) is 0 Å². The summed E-state index contributed by atoms with van der Waals surface area (Å²) in [6.07, 6.45) is 4.72. The van der Waals surface area contributed by atoms with Crippen LogP contribution in [0, 0.1) is 30.0 Å². The Morgan fingerprint density at radius 2 is 2.17 bits per heavy atom. The topological polar surface area (TPSA) is 83.5 Å². The zero-order valence-corrected chi connectivity index (χ0v) is 16.0. The van der Waals surface area contributed by atoms with Crippen molar-refractivity contribution in [2.75, 3.05) is 13.1 Å². The van der Waals surface area contributed by atoms with Crippen molar-refractivity contribution in [1.29, 1.82) is 5.26 Å². The molecule has 4 aromatic rings. The van der Waals surface area contributed by atoms with Gasteiger partial charge < -0.3 is 9.64 Å². The van der Waals surface area contributed by atoms with Gasteiger partial charge in [0.15, 0.2) is 5.75 Å². The number of nitriles is 1. The molecule has 1 saturated heterocycles. The van der Waals surface area contributed by atoms with E-state index in [0.29, 0.717) is 41.1 Å². The second-order valence-corrected chi connectivity index (χ2v) is 7.28. The van der Waals surface area contributed by atoms with Crippen molar-refractivity contribution in [2.45, 2.75) is 6.92 Å². The minimum Gasteiger partial charge on any atom is -0.453 e. The van der Waals surface area contributed by atoms with Crippen LogP contribution in [0.4, 0.5) is 4.39 Å². The molecule has 1 aliphatic heterocycles. The number of para-hydroxylation sites is 1. The Kier molecular flexibility index (Phi) is 4.10. The maximum atomic E-state index is 13.9. The number of carbonyl (C=O) groups is 1. The van der Waals surface area contributed by atoms with Crippen LogP contribution in [0.3, 0.4) is 0 Å². The van der Waals surface area contributed by atoms with Gasteiger partial charge in [0.05, 0.1) is 29.9 Å². The molecule has 1 aromatic carbocycles. The van der Waals surface area contributed by atoms with Crippen molar-refractivity contribution in [1.82, 2.24) is 19.5 Å². The quantitative estimate of drug-likeness (QED) is 0.522. The number of aromatic nitrogens is 3. The summed E-state index contributed by atoms with van der Waals surface area (Å²) < 4.78 is 21.5. The number of halogens is 1. The summed E-state index contributed by atoms with van der Waals surface area (Å²) >= 11 is 0. The molecule has 5 rings (SSSR count). The average molecular weight is 401 g/mol. The van der Waals surface area contributed by atoms with Gasteiger partial charge in [-0.25, -0.2) is 13.9 Å². The number of amides is 1. The van der Waals surface area contributed by atoms with Crippen LogP contribution in [0.2, 0.25) is 0 Å². The van der Waals surface area contributed by atoms with E-state index in [4.69, 9.17) is 10.00 Å². The summed E-state index contributed by atoms with van der Waals surface area (Å²) in [5.41, 5.74) is 2.20. The lowest BCUT2D eigenvalue weighted by Crippen LogP contribution is -2.49. The first-order chi connectivity index (χ1) is 14.5. The van der Waals surface area contributed by atoms with Gasteiger partial charge in [-0.3, -0.25) is 4.79 Å². The second kappa shape index (κ2) is 6.81.